The molecule has 0 fully saturated rings. The second kappa shape index (κ2) is 4.96. The van der Waals surface area contributed by atoms with Crippen LogP contribution in [0.1, 0.15) is 0 Å². The van der Waals surface area contributed by atoms with Gasteiger partial charge in [-0.25, -0.2) is 12.8 Å². The summed E-state index contributed by atoms with van der Waals surface area (Å²) in [5, 5.41) is 0.430. The molecule has 0 aliphatic carbocycles. The van der Waals surface area contributed by atoms with E-state index < -0.39 is 15.8 Å². The molecule has 0 saturated carbocycles. The van der Waals surface area contributed by atoms with Crippen molar-refractivity contribution in [3.05, 3.63) is 59.4 Å². The monoisotopic (exact) mass is 285 g/mol. The summed E-state index contributed by atoms with van der Waals surface area (Å²) in [6.07, 6.45) is 0. The first-order chi connectivity index (χ1) is 8.49. The van der Waals surface area contributed by atoms with Gasteiger partial charge in [0.2, 0.25) is 0 Å². The fourth-order valence-corrected chi connectivity index (χ4v) is 2.55. The molecule has 2 rings (SSSR count). The number of benzene rings is 2. The smallest absolute Gasteiger partial charge is 0.261 e. The number of para-hydroxylation sites is 1. The molecule has 0 aliphatic rings. The van der Waals surface area contributed by atoms with Crippen molar-refractivity contribution in [2.24, 2.45) is 0 Å². The largest absolute Gasteiger partial charge is 0.277 e. The molecule has 94 valence electrons. The Morgan fingerprint density at radius 2 is 1.61 bits per heavy atom. The third-order valence-electron chi connectivity index (χ3n) is 2.24. The molecule has 0 amide bonds. The van der Waals surface area contributed by atoms with E-state index in [9.17, 15) is 12.8 Å². The molecule has 0 bridgehead atoms. The molecule has 2 aromatic carbocycles. The summed E-state index contributed by atoms with van der Waals surface area (Å²) >= 11 is 5.67. The number of sulfonamides is 1. The fraction of sp³-hybridized carbons (Fsp3) is 0. The summed E-state index contributed by atoms with van der Waals surface area (Å²) in [6, 6.07) is 11.2. The van der Waals surface area contributed by atoms with E-state index in [-0.39, 0.29) is 10.6 Å². The molecule has 0 unspecified atom stereocenters. The van der Waals surface area contributed by atoms with Crippen LogP contribution in [0.2, 0.25) is 5.02 Å². The maximum atomic E-state index is 13.4. The maximum Gasteiger partial charge on any atom is 0.261 e. The van der Waals surface area contributed by atoms with Crippen LogP contribution in [0.15, 0.2) is 53.4 Å². The number of halogens is 2. The van der Waals surface area contributed by atoms with Crippen molar-refractivity contribution in [2.45, 2.75) is 4.90 Å². The number of anilines is 1. The van der Waals surface area contributed by atoms with Crippen LogP contribution in [0.25, 0.3) is 0 Å². The zero-order valence-corrected chi connectivity index (χ0v) is 10.7. The molecule has 3 nitrogen and oxygen atoms in total. The number of hydrogen-bond donors (Lipinski definition) is 1. The quantitative estimate of drug-likeness (QED) is 0.941. The Morgan fingerprint density at radius 3 is 2.22 bits per heavy atom. The highest BCUT2D eigenvalue weighted by Gasteiger charge is 2.15. The Morgan fingerprint density at radius 1 is 1.00 bits per heavy atom. The average Bonchev–Trinajstić information content (AvgIpc) is 2.32. The lowest BCUT2D eigenvalue weighted by molar-refractivity contribution is 0.598. The zero-order valence-electron chi connectivity index (χ0n) is 9.10. The molecule has 0 aliphatic heterocycles. The van der Waals surface area contributed by atoms with Gasteiger partial charge in [-0.3, -0.25) is 4.72 Å². The fourth-order valence-electron chi connectivity index (χ4n) is 1.36. The standard InChI is InChI=1S/C12H9ClFNO2S/c13-9-5-7-10(8-6-9)18(16,17)15-12-4-2-1-3-11(12)14/h1-8,15H. The predicted molar refractivity (Wildman–Crippen MR) is 68.7 cm³/mol. The second-order valence-electron chi connectivity index (χ2n) is 3.54. The summed E-state index contributed by atoms with van der Waals surface area (Å²) in [4.78, 5) is 0.0233. The van der Waals surface area contributed by atoms with Gasteiger partial charge in [-0.1, -0.05) is 23.7 Å². The topological polar surface area (TPSA) is 46.2 Å². The van der Waals surface area contributed by atoms with Crippen LogP contribution in [0, 0.1) is 5.82 Å². The SMILES string of the molecule is O=S(=O)(Nc1ccccc1F)c1ccc(Cl)cc1. The van der Waals surface area contributed by atoms with Gasteiger partial charge in [0.15, 0.2) is 0 Å². The Hall–Kier alpha value is -1.59. The lowest BCUT2D eigenvalue weighted by atomic mass is 10.3. The van der Waals surface area contributed by atoms with E-state index in [0.29, 0.717) is 5.02 Å². The van der Waals surface area contributed by atoms with Gasteiger partial charge in [0, 0.05) is 5.02 Å². The third-order valence-corrected chi connectivity index (χ3v) is 3.88. The lowest BCUT2D eigenvalue weighted by Gasteiger charge is -2.08. The Kier molecular flexibility index (Phi) is 3.54. The van der Waals surface area contributed by atoms with Gasteiger partial charge in [0.1, 0.15) is 5.82 Å². The van der Waals surface area contributed by atoms with Crippen molar-refractivity contribution < 1.29 is 12.8 Å². The number of rotatable bonds is 3. The van der Waals surface area contributed by atoms with E-state index in [1.807, 2.05) is 0 Å². The summed E-state index contributed by atoms with van der Waals surface area (Å²) in [5.41, 5.74) is -0.0903. The highest BCUT2D eigenvalue weighted by molar-refractivity contribution is 7.92. The predicted octanol–water partition coefficient (Wildman–Crippen LogP) is 3.28. The van der Waals surface area contributed by atoms with Crippen LogP contribution in [-0.2, 0) is 10.0 Å². The zero-order chi connectivity index (χ0) is 13.2. The van der Waals surface area contributed by atoms with Crippen molar-refractivity contribution in [1.82, 2.24) is 0 Å². The van der Waals surface area contributed by atoms with Crippen LogP contribution >= 0.6 is 11.6 Å². The minimum Gasteiger partial charge on any atom is -0.277 e. The van der Waals surface area contributed by atoms with Crippen LogP contribution in [0.5, 0.6) is 0 Å². The van der Waals surface area contributed by atoms with E-state index in [4.69, 9.17) is 11.6 Å². The van der Waals surface area contributed by atoms with Crippen LogP contribution in [0.4, 0.5) is 10.1 Å². The molecule has 0 aromatic heterocycles. The molecule has 6 heteroatoms. The first-order valence-electron chi connectivity index (χ1n) is 5.02. The van der Waals surface area contributed by atoms with Crippen molar-refractivity contribution in [2.75, 3.05) is 4.72 Å². The summed E-state index contributed by atoms with van der Waals surface area (Å²) in [7, 11) is -3.80. The average molecular weight is 286 g/mol. The normalized spacial score (nSPS) is 11.2. The van der Waals surface area contributed by atoms with Crippen molar-refractivity contribution in [3.8, 4) is 0 Å². The van der Waals surface area contributed by atoms with Gasteiger partial charge in [-0.15, -0.1) is 0 Å². The van der Waals surface area contributed by atoms with Gasteiger partial charge in [-0.2, -0.15) is 0 Å². The maximum absolute atomic E-state index is 13.4. The van der Waals surface area contributed by atoms with Crippen molar-refractivity contribution >= 4 is 27.3 Å². The Bertz CT molecular complexity index is 656. The second-order valence-corrected chi connectivity index (χ2v) is 5.66. The van der Waals surface area contributed by atoms with E-state index in [1.165, 1.54) is 42.5 Å². The van der Waals surface area contributed by atoms with Gasteiger partial charge < -0.3 is 0 Å². The highest BCUT2D eigenvalue weighted by atomic mass is 35.5. The highest BCUT2D eigenvalue weighted by Crippen LogP contribution is 2.20. The van der Waals surface area contributed by atoms with E-state index in [1.54, 1.807) is 6.07 Å². The first-order valence-corrected chi connectivity index (χ1v) is 6.88. The summed E-state index contributed by atoms with van der Waals surface area (Å²) < 4.78 is 39.4. The van der Waals surface area contributed by atoms with E-state index >= 15 is 0 Å². The minimum atomic E-state index is -3.80. The molecular weight excluding hydrogens is 277 g/mol. The summed E-state index contributed by atoms with van der Waals surface area (Å²) in [6.45, 7) is 0. The Labute approximate surface area is 109 Å². The molecular formula is C12H9ClFNO2S. The molecule has 18 heavy (non-hydrogen) atoms. The summed E-state index contributed by atoms with van der Waals surface area (Å²) in [5.74, 6) is -0.630. The van der Waals surface area contributed by atoms with Gasteiger partial charge in [-0.05, 0) is 36.4 Å². The van der Waals surface area contributed by atoms with E-state index in [2.05, 4.69) is 4.72 Å². The van der Waals surface area contributed by atoms with Crippen LogP contribution < -0.4 is 4.72 Å². The molecule has 0 spiro atoms. The van der Waals surface area contributed by atoms with Crippen LogP contribution in [-0.4, -0.2) is 8.42 Å². The molecule has 0 heterocycles. The van der Waals surface area contributed by atoms with Gasteiger partial charge >= 0.3 is 0 Å². The first kappa shape index (κ1) is 12.9. The van der Waals surface area contributed by atoms with Gasteiger partial charge in [0.25, 0.3) is 10.0 Å². The van der Waals surface area contributed by atoms with Crippen molar-refractivity contribution in [1.29, 1.82) is 0 Å². The van der Waals surface area contributed by atoms with Gasteiger partial charge in [0.05, 0.1) is 10.6 Å². The molecule has 2 aromatic rings. The number of nitrogens with one attached hydrogen (secondary N) is 1. The van der Waals surface area contributed by atoms with Crippen molar-refractivity contribution in [3.63, 3.8) is 0 Å². The minimum absolute atomic E-state index is 0.0233. The molecule has 0 saturated heterocycles. The lowest BCUT2D eigenvalue weighted by Crippen LogP contribution is -2.13. The third kappa shape index (κ3) is 2.80. The number of hydrogen-bond acceptors (Lipinski definition) is 2. The molecule has 1 N–H and O–H groups in total. The van der Waals surface area contributed by atoms with E-state index in [0.717, 1.165) is 0 Å². The van der Waals surface area contributed by atoms with Crippen LogP contribution in [0.3, 0.4) is 0 Å². The molecule has 0 radical (unpaired) electrons. The molecule has 0 atom stereocenters. The Balaban J connectivity index is 2.33.